The highest BCUT2D eigenvalue weighted by molar-refractivity contribution is 7.91. The van der Waals surface area contributed by atoms with Crippen molar-refractivity contribution < 1.29 is 35.1 Å². The van der Waals surface area contributed by atoms with Crippen molar-refractivity contribution in [3.63, 3.8) is 0 Å². The average Bonchev–Trinajstić information content (AvgIpc) is 3.67. The molecule has 4 aromatic rings. The van der Waals surface area contributed by atoms with E-state index in [0.717, 1.165) is 29.2 Å². The number of hydrogen-bond donors (Lipinski definition) is 0. The highest BCUT2D eigenvalue weighted by Gasteiger charge is 2.59. The van der Waals surface area contributed by atoms with E-state index in [1.807, 2.05) is 6.07 Å². The van der Waals surface area contributed by atoms with Crippen LogP contribution in [0.3, 0.4) is 0 Å². The summed E-state index contributed by atoms with van der Waals surface area (Å²) in [4.78, 5) is 11.6. The zero-order chi connectivity index (χ0) is 27.6. The molecule has 1 aliphatic carbocycles. The maximum atomic E-state index is 13.9. The van der Waals surface area contributed by atoms with Gasteiger partial charge in [-0.1, -0.05) is 6.92 Å². The minimum Gasteiger partial charge on any atom is -0.618 e. The summed E-state index contributed by atoms with van der Waals surface area (Å²) in [6, 6.07) is 5.45. The smallest absolute Gasteiger partial charge is 0.458 e. The zero-order valence-corrected chi connectivity index (χ0v) is 20.8. The number of hydrogen-bond acceptors (Lipinski definition) is 6. The van der Waals surface area contributed by atoms with Gasteiger partial charge in [0.15, 0.2) is 21.7 Å². The van der Waals surface area contributed by atoms with Gasteiger partial charge in [0.1, 0.15) is 10.4 Å². The minimum absolute atomic E-state index is 0.121. The second kappa shape index (κ2) is 8.68. The third-order valence-corrected chi connectivity index (χ3v) is 8.22. The maximum Gasteiger partial charge on any atom is 0.458 e. The summed E-state index contributed by atoms with van der Waals surface area (Å²) in [7, 11) is -2.70. The van der Waals surface area contributed by atoms with Gasteiger partial charge < -0.3 is 9.77 Å². The average molecular weight is 554 g/mol. The van der Waals surface area contributed by atoms with E-state index in [2.05, 4.69) is 15.0 Å². The van der Waals surface area contributed by atoms with Crippen molar-refractivity contribution in [2.75, 3.05) is 5.75 Å². The van der Waals surface area contributed by atoms with Crippen LogP contribution in [0, 0.1) is 5.21 Å². The Morgan fingerprint density at radius 3 is 2.47 bits per heavy atom. The third kappa shape index (κ3) is 4.25. The molecule has 0 bridgehead atoms. The van der Waals surface area contributed by atoms with Gasteiger partial charge >= 0.3 is 12.1 Å². The molecule has 0 unspecified atom stereocenters. The molecule has 4 heterocycles. The number of aromatic nitrogens is 5. The summed E-state index contributed by atoms with van der Waals surface area (Å²) in [5.74, 6) is -5.45. The molecular formula is C24H20F5N5O3S. The molecule has 0 aromatic carbocycles. The fourth-order valence-electron chi connectivity index (χ4n) is 4.19. The van der Waals surface area contributed by atoms with Crippen molar-refractivity contribution in [1.29, 1.82) is 0 Å². The molecule has 1 fully saturated rings. The van der Waals surface area contributed by atoms with Crippen LogP contribution in [-0.4, -0.2) is 39.9 Å². The Balaban J connectivity index is 1.70. The predicted octanol–water partition coefficient (Wildman–Crippen LogP) is 4.66. The van der Waals surface area contributed by atoms with Gasteiger partial charge in [-0.05, 0) is 48.6 Å². The van der Waals surface area contributed by atoms with E-state index in [4.69, 9.17) is 0 Å². The molecule has 1 aliphatic rings. The molecule has 8 nitrogen and oxygen atoms in total. The fraction of sp³-hybridized carbons (Fsp3) is 0.333. The van der Waals surface area contributed by atoms with Crippen LogP contribution in [0.5, 0.6) is 0 Å². The number of imidazole rings is 1. The Labute approximate surface area is 213 Å². The number of halogens is 5. The van der Waals surface area contributed by atoms with Gasteiger partial charge in [-0.2, -0.15) is 26.7 Å². The van der Waals surface area contributed by atoms with E-state index in [1.165, 1.54) is 20.0 Å². The normalized spacial score (nSPS) is 14.8. The lowest BCUT2D eigenvalue weighted by atomic mass is 10.1. The molecule has 14 heteroatoms. The molecule has 0 radical (unpaired) electrons. The number of aryl methyl sites for hydroxylation is 1. The Bertz CT molecular complexity index is 1680. The standard InChI is InChI=1S/C24H20F5N5O3S/c1-3-38(36,37)19-9-15(17-8-14(6-7-30-17)13-4-5-13)12-34(35)20(19)22-32-18-10-16(11-31-21(18)33(22)2)23(25,26)24(27,28)29/h6-13H,3-5H2,1-2H3. The van der Waals surface area contributed by atoms with Gasteiger partial charge in [-0.3, -0.25) is 4.98 Å². The van der Waals surface area contributed by atoms with E-state index in [9.17, 15) is 35.6 Å². The van der Waals surface area contributed by atoms with Crippen LogP contribution in [0.25, 0.3) is 33.9 Å². The van der Waals surface area contributed by atoms with Crippen molar-refractivity contribution in [1.82, 2.24) is 19.5 Å². The fourth-order valence-corrected chi connectivity index (χ4v) is 5.28. The summed E-state index contributed by atoms with van der Waals surface area (Å²) in [6.45, 7) is 1.38. The van der Waals surface area contributed by atoms with Gasteiger partial charge in [-0.15, -0.1) is 0 Å². The van der Waals surface area contributed by atoms with Crippen molar-refractivity contribution in [3.05, 3.63) is 59.2 Å². The highest BCUT2D eigenvalue weighted by atomic mass is 32.2. The lowest BCUT2D eigenvalue weighted by molar-refractivity contribution is -0.595. The van der Waals surface area contributed by atoms with Gasteiger partial charge in [-0.25, -0.2) is 18.4 Å². The Morgan fingerprint density at radius 2 is 1.84 bits per heavy atom. The second-order valence-corrected chi connectivity index (χ2v) is 11.3. The molecule has 1 saturated carbocycles. The number of rotatable bonds is 6. The van der Waals surface area contributed by atoms with Gasteiger partial charge in [0, 0.05) is 19.4 Å². The van der Waals surface area contributed by atoms with Gasteiger partial charge in [0.2, 0.25) is 5.82 Å². The van der Waals surface area contributed by atoms with E-state index >= 15 is 0 Å². The Kier molecular flexibility index (Phi) is 5.93. The van der Waals surface area contributed by atoms with Crippen LogP contribution in [0.2, 0.25) is 0 Å². The summed E-state index contributed by atoms with van der Waals surface area (Å²) in [6.07, 6.45) is -0.739. The summed E-state index contributed by atoms with van der Waals surface area (Å²) in [5.41, 5.74) is -0.694. The maximum absolute atomic E-state index is 13.9. The lowest BCUT2D eigenvalue weighted by Gasteiger charge is -2.19. The number of pyridine rings is 3. The van der Waals surface area contributed by atoms with Crippen LogP contribution in [0.15, 0.2) is 47.8 Å². The number of fused-ring (bicyclic) bond motifs is 1. The summed E-state index contributed by atoms with van der Waals surface area (Å²) < 4.78 is 94.1. The summed E-state index contributed by atoms with van der Waals surface area (Å²) >= 11 is 0. The van der Waals surface area contributed by atoms with Crippen LogP contribution in [-0.2, 0) is 22.8 Å². The molecule has 0 aliphatic heterocycles. The third-order valence-electron chi connectivity index (χ3n) is 6.48. The summed E-state index contributed by atoms with van der Waals surface area (Å²) in [5, 5.41) is 13.3. The van der Waals surface area contributed by atoms with E-state index < -0.39 is 33.2 Å². The molecular weight excluding hydrogens is 533 g/mol. The van der Waals surface area contributed by atoms with Crippen molar-refractivity contribution in [3.8, 4) is 22.8 Å². The lowest BCUT2D eigenvalue weighted by Crippen LogP contribution is -2.33. The van der Waals surface area contributed by atoms with E-state index in [0.29, 0.717) is 23.9 Å². The van der Waals surface area contributed by atoms with E-state index in [1.54, 1.807) is 12.3 Å². The number of nitrogens with zero attached hydrogens (tertiary/aromatic N) is 5. The first-order valence-electron chi connectivity index (χ1n) is 11.5. The zero-order valence-electron chi connectivity index (χ0n) is 20.0. The predicted molar refractivity (Wildman–Crippen MR) is 126 cm³/mol. The molecule has 0 spiro atoms. The van der Waals surface area contributed by atoms with Crippen molar-refractivity contribution >= 4 is 21.0 Å². The van der Waals surface area contributed by atoms with Crippen LogP contribution in [0.1, 0.15) is 36.8 Å². The molecule has 5 rings (SSSR count). The minimum atomic E-state index is -5.86. The molecule has 38 heavy (non-hydrogen) atoms. The Hall–Kier alpha value is -3.68. The molecule has 200 valence electrons. The molecule has 0 amide bonds. The number of alkyl halides is 5. The molecule has 0 saturated heterocycles. The van der Waals surface area contributed by atoms with E-state index in [-0.39, 0.29) is 37.9 Å². The second-order valence-electron chi connectivity index (χ2n) is 9.05. The first-order valence-corrected chi connectivity index (χ1v) is 13.1. The van der Waals surface area contributed by atoms with Gasteiger partial charge in [0.05, 0.1) is 22.6 Å². The van der Waals surface area contributed by atoms with Crippen LogP contribution >= 0.6 is 0 Å². The van der Waals surface area contributed by atoms with Crippen molar-refractivity contribution in [2.45, 2.75) is 42.7 Å². The van der Waals surface area contributed by atoms with Crippen LogP contribution < -0.4 is 4.73 Å². The largest absolute Gasteiger partial charge is 0.618 e. The van der Waals surface area contributed by atoms with Crippen LogP contribution in [0.4, 0.5) is 22.0 Å². The topological polar surface area (TPSA) is 105 Å². The monoisotopic (exact) mass is 553 g/mol. The quantitative estimate of drug-likeness (QED) is 0.196. The Morgan fingerprint density at radius 1 is 1.13 bits per heavy atom. The molecule has 0 atom stereocenters. The molecule has 0 N–H and O–H groups in total. The number of sulfone groups is 1. The first-order chi connectivity index (χ1) is 17.7. The van der Waals surface area contributed by atoms with Gasteiger partial charge in [0.25, 0.3) is 5.69 Å². The first kappa shape index (κ1) is 25.9. The molecule has 4 aromatic heterocycles. The van der Waals surface area contributed by atoms with Crippen molar-refractivity contribution in [2.24, 2.45) is 7.05 Å². The SMILES string of the molecule is CCS(=O)(=O)c1cc(-c2cc(C3CC3)ccn2)c[n+]([O-])c1-c1nc2cc(C(F)(F)C(F)(F)F)cnc2n1C. The highest BCUT2D eigenvalue weighted by Crippen LogP contribution is 2.44.